The molecular formula is C30H47BrO. The van der Waals surface area contributed by atoms with Crippen molar-refractivity contribution in [3.05, 3.63) is 11.6 Å². The average Bonchev–Trinajstić information content (AvgIpc) is 2.70. The fourth-order valence-corrected chi connectivity index (χ4v) is 11.2. The van der Waals surface area contributed by atoms with Crippen LogP contribution >= 0.6 is 15.9 Å². The monoisotopic (exact) mass is 502 g/mol. The molecule has 10 atom stereocenters. The van der Waals surface area contributed by atoms with Crippen molar-refractivity contribution in [1.29, 1.82) is 0 Å². The molecule has 3 unspecified atom stereocenters. The number of ketones is 1. The third kappa shape index (κ3) is 2.71. The normalized spacial score (nSPS) is 56.9. The van der Waals surface area contributed by atoms with E-state index in [1.54, 1.807) is 5.57 Å². The van der Waals surface area contributed by atoms with Gasteiger partial charge in [0.15, 0.2) is 5.78 Å². The molecule has 2 heteroatoms. The SMILES string of the molecule is C[C@@H]1CC[C@]2(C)CC[C@]3(C)C(=CC(=O)C4[C@@]5(C)CC[C@H](Br)C(C)(C)C5CC[C@]43C)C2[C@H]1C. The third-order valence-electron chi connectivity index (χ3n) is 13.0. The highest BCUT2D eigenvalue weighted by Gasteiger charge is 2.70. The van der Waals surface area contributed by atoms with Crippen molar-refractivity contribution in [2.24, 2.45) is 56.7 Å². The summed E-state index contributed by atoms with van der Waals surface area (Å²) in [4.78, 5) is 14.8. The first kappa shape index (κ1) is 23.6. The molecule has 0 radical (unpaired) electrons. The zero-order valence-electron chi connectivity index (χ0n) is 22.0. The maximum atomic E-state index is 14.3. The number of allylic oxidation sites excluding steroid dienone is 2. The van der Waals surface area contributed by atoms with Gasteiger partial charge in [0.25, 0.3) is 0 Å². The van der Waals surface area contributed by atoms with Gasteiger partial charge in [-0.2, -0.15) is 0 Å². The van der Waals surface area contributed by atoms with Crippen LogP contribution in [0, 0.1) is 56.7 Å². The largest absolute Gasteiger partial charge is 0.295 e. The molecule has 0 aliphatic heterocycles. The lowest BCUT2D eigenvalue weighted by Gasteiger charge is -2.70. The number of rotatable bonds is 0. The van der Waals surface area contributed by atoms with E-state index in [1.807, 2.05) is 0 Å². The average molecular weight is 504 g/mol. The molecule has 4 saturated carbocycles. The molecule has 0 N–H and O–H groups in total. The molecule has 0 aromatic heterocycles. The van der Waals surface area contributed by atoms with Crippen molar-refractivity contribution in [2.75, 3.05) is 0 Å². The summed E-state index contributed by atoms with van der Waals surface area (Å²) in [6.07, 6.45) is 12.5. The minimum atomic E-state index is 0.0936. The number of carbonyl (C=O) groups is 1. The lowest BCUT2D eigenvalue weighted by atomic mass is 9.33. The smallest absolute Gasteiger partial charge is 0.159 e. The van der Waals surface area contributed by atoms with E-state index in [0.717, 1.165) is 5.92 Å². The van der Waals surface area contributed by atoms with E-state index in [-0.39, 0.29) is 27.6 Å². The Balaban J connectivity index is 1.64. The predicted octanol–water partition coefficient (Wildman–Crippen LogP) is 8.61. The minimum Gasteiger partial charge on any atom is -0.295 e. The van der Waals surface area contributed by atoms with Gasteiger partial charge in [0, 0.05) is 10.7 Å². The first-order chi connectivity index (χ1) is 14.7. The molecule has 0 bridgehead atoms. The zero-order chi connectivity index (χ0) is 23.5. The maximum Gasteiger partial charge on any atom is 0.159 e. The number of hydrogen-bond acceptors (Lipinski definition) is 1. The van der Waals surface area contributed by atoms with Gasteiger partial charge >= 0.3 is 0 Å². The van der Waals surface area contributed by atoms with Crippen LogP contribution in [-0.4, -0.2) is 10.6 Å². The molecule has 0 aromatic carbocycles. The van der Waals surface area contributed by atoms with Gasteiger partial charge < -0.3 is 0 Å². The van der Waals surface area contributed by atoms with Gasteiger partial charge in [0.1, 0.15) is 0 Å². The van der Waals surface area contributed by atoms with Gasteiger partial charge in [-0.25, -0.2) is 0 Å². The summed E-state index contributed by atoms with van der Waals surface area (Å²) in [5, 5.41) is 0. The summed E-state index contributed by atoms with van der Waals surface area (Å²) < 4.78 is 0. The molecule has 0 saturated heterocycles. The van der Waals surface area contributed by atoms with Gasteiger partial charge in [-0.15, -0.1) is 0 Å². The molecule has 0 spiro atoms. The summed E-state index contributed by atoms with van der Waals surface area (Å²) in [6.45, 7) is 20.1. The summed E-state index contributed by atoms with van der Waals surface area (Å²) in [5.41, 5.74) is 2.59. The Morgan fingerprint density at radius 2 is 1.56 bits per heavy atom. The van der Waals surface area contributed by atoms with Crippen molar-refractivity contribution in [3.63, 3.8) is 0 Å². The van der Waals surface area contributed by atoms with E-state index in [9.17, 15) is 4.79 Å². The van der Waals surface area contributed by atoms with Crippen LogP contribution in [0.1, 0.15) is 107 Å². The Labute approximate surface area is 206 Å². The van der Waals surface area contributed by atoms with E-state index in [1.165, 1.54) is 51.4 Å². The molecule has 0 heterocycles. The van der Waals surface area contributed by atoms with Gasteiger partial charge in [-0.3, -0.25) is 4.79 Å². The second kappa shape index (κ2) is 6.98. The molecule has 5 aliphatic carbocycles. The van der Waals surface area contributed by atoms with Gasteiger partial charge in [0.05, 0.1) is 0 Å². The van der Waals surface area contributed by atoms with E-state index in [2.05, 4.69) is 77.4 Å². The van der Waals surface area contributed by atoms with Gasteiger partial charge in [-0.1, -0.05) is 76.9 Å². The van der Waals surface area contributed by atoms with Crippen LogP contribution in [-0.2, 0) is 4.79 Å². The second-order valence-corrected chi connectivity index (χ2v) is 15.7. The Morgan fingerprint density at radius 1 is 0.875 bits per heavy atom. The standard InChI is InChI=1S/C30H47BrO/c1-18-9-12-27(5)15-16-29(7)20(24(27)19(18)2)17-21(32)25-28(6)13-11-23(31)26(3,4)22(28)10-14-30(25,29)8/h17-19,22-25H,9-16H2,1-8H3/t18-,19+,22?,23+,24?,25?,27-,28+,29-,30-/m1/s1. The fourth-order valence-electron chi connectivity index (χ4n) is 10.7. The topological polar surface area (TPSA) is 17.1 Å². The van der Waals surface area contributed by atoms with E-state index < -0.39 is 0 Å². The van der Waals surface area contributed by atoms with Crippen LogP contribution < -0.4 is 0 Å². The van der Waals surface area contributed by atoms with E-state index >= 15 is 0 Å². The molecule has 1 nitrogen and oxygen atoms in total. The first-order valence-electron chi connectivity index (χ1n) is 13.6. The second-order valence-electron chi connectivity index (χ2n) is 14.6. The number of hydrogen-bond donors (Lipinski definition) is 0. The Hall–Kier alpha value is -0.110. The summed E-state index contributed by atoms with van der Waals surface area (Å²) in [7, 11) is 0. The lowest BCUT2D eigenvalue weighted by Crippen LogP contribution is -2.66. The van der Waals surface area contributed by atoms with Crippen LogP contribution in [0.3, 0.4) is 0 Å². The molecule has 0 aromatic rings. The summed E-state index contributed by atoms with van der Waals surface area (Å²) >= 11 is 4.04. The number of alkyl halides is 1. The van der Waals surface area contributed by atoms with Crippen molar-refractivity contribution < 1.29 is 4.79 Å². The number of fused-ring (bicyclic) bond motifs is 7. The van der Waals surface area contributed by atoms with Crippen LogP contribution in [0.15, 0.2) is 11.6 Å². The minimum absolute atomic E-state index is 0.0936. The summed E-state index contributed by atoms with van der Waals surface area (Å²) in [6, 6.07) is 0. The highest BCUT2D eigenvalue weighted by Crippen LogP contribution is 2.75. The molecule has 4 fully saturated rings. The third-order valence-corrected chi connectivity index (χ3v) is 14.7. The van der Waals surface area contributed by atoms with Gasteiger partial charge in [-0.05, 0) is 108 Å². The van der Waals surface area contributed by atoms with Crippen molar-refractivity contribution in [1.82, 2.24) is 0 Å². The fraction of sp³-hybridized carbons (Fsp3) is 0.900. The molecule has 32 heavy (non-hydrogen) atoms. The van der Waals surface area contributed by atoms with Crippen molar-refractivity contribution >= 4 is 21.7 Å². The van der Waals surface area contributed by atoms with E-state index in [0.29, 0.717) is 33.8 Å². The number of carbonyl (C=O) groups excluding carboxylic acids is 1. The van der Waals surface area contributed by atoms with Crippen LogP contribution in [0.5, 0.6) is 0 Å². The summed E-state index contributed by atoms with van der Waals surface area (Å²) in [5.74, 6) is 3.33. The Bertz CT molecular complexity index is 857. The zero-order valence-corrected chi connectivity index (χ0v) is 23.6. The Kier molecular flexibility index (Phi) is 5.15. The molecule has 0 amide bonds. The van der Waals surface area contributed by atoms with Gasteiger partial charge in [0.2, 0.25) is 0 Å². The molecular weight excluding hydrogens is 456 g/mol. The predicted molar refractivity (Wildman–Crippen MR) is 138 cm³/mol. The molecule has 5 aliphatic rings. The van der Waals surface area contributed by atoms with Crippen LogP contribution in [0.4, 0.5) is 0 Å². The highest BCUT2D eigenvalue weighted by molar-refractivity contribution is 9.09. The van der Waals surface area contributed by atoms with Crippen LogP contribution in [0.2, 0.25) is 0 Å². The maximum absolute atomic E-state index is 14.3. The van der Waals surface area contributed by atoms with Crippen molar-refractivity contribution in [2.45, 2.75) is 112 Å². The quantitative estimate of drug-likeness (QED) is 0.303. The lowest BCUT2D eigenvalue weighted by molar-refractivity contribution is -0.184. The molecule has 180 valence electrons. The number of halogens is 1. The highest BCUT2D eigenvalue weighted by atomic mass is 79.9. The van der Waals surface area contributed by atoms with E-state index in [4.69, 9.17) is 0 Å². The van der Waals surface area contributed by atoms with Crippen LogP contribution in [0.25, 0.3) is 0 Å². The Morgan fingerprint density at radius 3 is 2.25 bits per heavy atom. The first-order valence-corrected chi connectivity index (χ1v) is 14.5. The van der Waals surface area contributed by atoms with Crippen molar-refractivity contribution in [3.8, 4) is 0 Å². The molecule has 5 rings (SSSR count).